The van der Waals surface area contributed by atoms with Crippen LogP contribution in [0, 0.1) is 0 Å². The number of hydrogen-bond acceptors (Lipinski definition) is 6. The summed E-state index contributed by atoms with van der Waals surface area (Å²) >= 11 is 5.86. The third kappa shape index (κ3) is 6.09. The smallest absolute Gasteiger partial charge is 0.449 e. The van der Waals surface area contributed by atoms with Gasteiger partial charge in [-0.05, 0) is 43.3 Å². The molecule has 29 heavy (non-hydrogen) atoms. The molecule has 0 saturated carbocycles. The summed E-state index contributed by atoms with van der Waals surface area (Å²) in [6, 6.07) is 11.0. The molecule has 2 rings (SSSR count). The molecular weight excluding hydrogens is 437 g/mol. The van der Waals surface area contributed by atoms with E-state index in [9.17, 15) is 26.4 Å². The second-order valence-corrected chi connectivity index (χ2v) is 7.28. The van der Waals surface area contributed by atoms with Crippen LogP contribution in [0.2, 0.25) is 5.02 Å². The van der Waals surface area contributed by atoms with E-state index in [1.54, 1.807) is 31.2 Å². The number of carbonyl (C=O) groups is 1. The maximum atomic E-state index is 12.4. The molecule has 0 aliphatic rings. The van der Waals surface area contributed by atoms with E-state index in [1.807, 2.05) is 0 Å². The lowest BCUT2D eigenvalue weighted by Crippen LogP contribution is -2.28. The summed E-state index contributed by atoms with van der Waals surface area (Å²) in [5.41, 5.74) is -2.28. The average molecular weight is 451 g/mol. The second-order valence-electron chi connectivity index (χ2n) is 5.31. The predicted octanol–water partition coefficient (Wildman–Crippen LogP) is 4.07. The van der Waals surface area contributed by atoms with Gasteiger partial charge < -0.3 is 8.92 Å². The number of hydrazone groups is 1. The van der Waals surface area contributed by atoms with Gasteiger partial charge in [0.25, 0.3) is 0 Å². The van der Waals surface area contributed by atoms with Crippen molar-refractivity contribution in [2.75, 3.05) is 6.61 Å². The van der Waals surface area contributed by atoms with Gasteiger partial charge in [0.2, 0.25) is 0 Å². The van der Waals surface area contributed by atoms with E-state index in [2.05, 4.69) is 14.7 Å². The highest BCUT2D eigenvalue weighted by molar-refractivity contribution is 7.88. The molecule has 0 radical (unpaired) electrons. The first-order valence-corrected chi connectivity index (χ1v) is 9.69. The Morgan fingerprint density at radius 2 is 1.59 bits per heavy atom. The van der Waals surface area contributed by atoms with Gasteiger partial charge in [-0.15, -0.1) is 0 Å². The van der Waals surface area contributed by atoms with E-state index in [4.69, 9.17) is 16.3 Å². The number of hydrogen-bond donors (Lipinski definition) is 1. The number of nitrogens with zero attached hydrogens (tertiary/aromatic N) is 1. The van der Waals surface area contributed by atoms with Gasteiger partial charge in [0.1, 0.15) is 5.75 Å². The number of ether oxygens (including phenoxy) is 1. The third-order valence-electron chi connectivity index (χ3n) is 3.27. The summed E-state index contributed by atoms with van der Waals surface area (Å²) in [4.78, 5) is 11.5. The Hall–Kier alpha value is -2.79. The topological polar surface area (TPSA) is 94.1 Å². The molecule has 12 heteroatoms. The van der Waals surface area contributed by atoms with Gasteiger partial charge in [0.15, 0.2) is 0 Å². The van der Waals surface area contributed by atoms with Gasteiger partial charge in [-0.3, -0.25) is 0 Å². The van der Waals surface area contributed by atoms with Crippen LogP contribution in [-0.4, -0.2) is 32.3 Å². The van der Waals surface area contributed by atoms with Crippen molar-refractivity contribution in [3.63, 3.8) is 0 Å². The molecule has 0 bridgehead atoms. The zero-order valence-corrected chi connectivity index (χ0v) is 16.3. The van der Waals surface area contributed by atoms with Gasteiger partial charge in [0, 0.05) is 16.1 Å². The number of nitrogens with one attached hydrogen (secondary N) is 1. The van der Waals surface area contributed by atoms with Gasteiger partial charge >= 0.3 is 21.7 Å². The molecule has 0 spiro atoms. The molecule has 0 saturated heterocycles. The minimum atomic E-state index is -5.79. The van der Waals surface area contributed by atoms with Crippen LogP contribution in [0.25, 0.3) is 0 Å². The Balaban J connectivity index is 2.35. The Labute approximate surface area is 169 Å². The fourth-order valence-corrected chi connectivity index (χ4v) is 2.60. The molecule has 0 unspecified atom stereocenters. The van der Waals surface area contributed by atoms with Crippen molar-refractivity contribution >= 4 is 33.5 Å². The zero-order chi connectivity index (χ0) is 21.7. The lowest BCUT2D eigenvalue weighted by atomic mass is 10.0. The molecule has 1 N–H and O–H groups in total. The van der Waals surface area contributed by atoms with Crippen LogP contribution < -0.4 is 9.61 Å². The lowest BCUT2D eigenvalue weighted by molar-refractivity contribution is -0.0500. The Morgan fingerprint density at radius 3 is 2.07 bits per heavy atom. The van der Waals surface area contributed by atoms with Gasteiger partial charge in [-0.1, -0.05) is 23.7 Å². The maximum Gasteiger partial charge on any atom is 0.534 e. The van der Waals surface area contributed by atoms with E-state index in [0.29, 0.717) is 16.1 Å². The second kappa shape index (κ2) is 9.14. The zero-order valence-electron chi connectivity index (χ0n) is 14.7. The van der Waals surface area contributed by atoms with Crippen LogP contribution in [0.15, 0.2) is 53.6 Å². The van der Waals surface area contributed by atoms with Gasteiger partial charge in [0.05, 0.1) is 12.3 Å². The fraction of sp³-hybridized carbons (Fsp3) is 0.176. The summed E-state index contributed by atoms with van der Waals surface area (Å²) in [6.07, 6.45) is -0.810. The molecule has 0 heterocycles. The van der Waals surface area contributed by atoms with Crippen molar-refractivity contribution < 1.29 is 35.3 Å². The molecule has 1 amide bonds. The summed E-state index contributed by atoms with van der Waals surface area (Å²) in [5.74, 6) is -0.542. The number of carbonyl (C=O) groups excluding carboxylic acids is 1. The van der Waals surface area contributed by atoms with Crippen LogP contribution >= 0.6 is 11.6 Å². The largest absolute Gasteiger partial charge is 0.534 e. The van der Waals surface area contributed by atoms with Crippen LogP contribution in [-0.2, 0) is 14.9 Å². The normalized spacial score (nSPS) is 12.4. The Morgan fingerprint density at radius 1 is 1.07 bits per heavy atom. The van der Waals surface area contributed by atoms with Gasteiger partial charge in [-0.2, -0.15) is 26.7 Å². The van der Waals surface area contributed by atoms with E-state index in [-0.39, 0.29) is 12.3 Å². The monoisotopic (exact) mass is 450 g/mol. The average Bonchev–Trinajstić information content (AvgIpc) is 2.63. The highest BCUT2D eigenvalue weighted by atomic mass is 35.5. The van der Waals surface area contributed by atoms with Crippen LogP contribution in [0.4, 0.5) is 18.0 Å². The summed E-state index contributed by atoms with van der Waals surface area (Å²) < 4.78 is 68.2. The van der Waals surface area contributed by atoms with Crippen LogP contribution in [0.1, 0.15) is 18.1 Å². The van der Waals surface area contributed by atoms with Crippen molar-refractivity contribution in [3.05, 3.63) is 64.7 Å². The Bertz CT molecular complexity index is 991. The molecule has 0 atom stereocenters. The quantitative estimate of drug-likeness (QED) is 0.310. The molecule has 156 valence electrons. The van der Waals surface area contributed by atoms with E-state index >= 15 is 0 Å². The lowest BCUT2D eigenvalue weighted by Gasteiger charge is -2.11. The minimum absolute atomic E-state index is 0.122. The van der Waals surface area contributed by atoms with E-state index in [0.717, 1.165) is 12.1 Å². The highest BCUT2D eigenvalue weighted by Crippen LogP contribution is 2.27. The van der Waals surface area contributed by atoms with Crippen molar-refractivity contribution in [1.82, 2.24) is 5.43 Å². The van der Waals surface area contributed by atoms with Crippen molar-refractivity contribution in [1.29, 1.82) is 0 Å². The number of benzene rings is 2. The first-order valence-electron chi connectivity index (χ1n) is 7.91. The predicted molar refractivity (Wildman–Crippen MR) is 99.3 cm³/mol. The first-order chi connectivity index (χ1) is 13.5. The number of amides is 1. The maximum absolute atomic E-state index is 12.4. The van der Waals surface area contributed by atoms with Crippen LogP contribution in [0.5, 0.6) is 5.75 Å². The first kappa shape index (κ1) is 22.5. The number of rotatable bonds is 6. The van der Waals surface area contributed by atoms with Crippen molar-refractivity contribution in [2.45, 2.75) is 12.4 Å². The molecule has 2 aromatic rings. The molecule has 0 aromatic heterocycles. The molecular formula is C17H14ClF3N2O5S. The van der Waals surface area contributed by atoms with Crippen LogP contribution in [0.3, 0.4) is 0 Å². The van der Waals surface area contributed by atoms with Gasteiger partial charge in [-0.25, -0.2) is 10.2 Å². The summed E-state index contributed by atoms with van der Waals surface area (Å²) in [5, 5.41) is 4.42. The SMILES string of the molecule is CCOC(=O)NN=C(c1ccc(Cl)cc1)c1ccc(OS(=O)(=O)C(F)(F)F)cc1. The van der Waals surface area contributed by atoms with E-state index in [1.165, 1.54) is 12.1 Å². The van der Waals surface area contributed by atoms with Crippen molar-refractivity contribution in [3.8, 4) is 5.75 Å². The molecule has 7 nitrogen and oxygen atoms in total. The standard InChI is InChI=1S/C17H14ClF3N2O5S/c1-2-27-16(24)23-22-15(11-3-7-13(18)8-4-11)12-5-9-14(10-6-12)28-29(25,26)17(19,20)21/h3-10H,2H2,1H3,(H,23,24). The number of halogens is 4. The minimum Gasteiger partial charge on any atom is -0.449 e. The third-order valence-corrected chi connectivity index (χ3v) is 4.50. The Kier molecular flexibility index (Phi) is 7.09. The highest BCUT2D eigenvalue weighted by Gasteiger charge is 2.48. The van der Waals surface area contributed by atoms with E-state index < -0.39 is 27.5 Å². The number of alkyl halides is 3. The van der Waals surface area contributed by atoms with Crippen molar-refractivity contribution in [2.24, 2.45) is 5.10 Å². The molecule has 0 aliphatic carbocycles. The summed E-state index contributed by atoms with van der Waals surface area (Å²) in [7, 11) is -5.79. The molecule has 0 fully saturated rings. The summed E-state index contributed by atoms with van der Waals surface area (Å²) in [6.45, 7) is 1.73. The fourth-order valence-electron chi connectivity index (χ4n) is 2.01. The molecule has 0 aliphatic heterocycles. The molecule has 2 aromatic carbocycles.